The van der Waals surface area contributed by atoms with E-state index in [4.69, 9.17) is 11.6 Å². The van der Waals surface area contributed by atoms with Gasteiger partial charge in [-0.05, 0) is 4.99 Å². The van der Waals surface area contributed by atoms with Crippen LogP contribution in [0.15, 0.2) is 17.6 Å². The molecule has 90 valence electrons. The molecule has 17 heavy (non-hydrogen) atoms. The molecule has 0 aromatic heterocycles. The molecule has 7 heteroatoms. The molecule has 0 aromatic rings. The highest BCUT2D eigenvalue weighted by atomic mass is 35.5. The second kappa shape index (κ2) is 3.96. The number of amidine groups is 2. The van der Waals surface area contributed by atoms with Gasteiger partial charge in [0.25, 0.3) is 17.8 Å². The second-order valence-corrected chi connectivity index (χ2v) is 4.16. The number of hydrogen-bond acceptors (Lipinski definition) is 3. The van der Waals surface area contributed by atoms with Gasteiger partial charge in [-0.3, -0.25) is 14.6 Å². The predicted octanol–water partition coefficient (Wildman–Crippen LogP) is 0.0842. The van der Waals surface area contributed by atoms with E-state index in [0.29, 0.717) is 12.4 Å². The molecule has 0 aromatic carbocycles. The summed E-state index contributed by atoms with van der Waals surface area (Å²) in [6.07, 6.45) is 1.63. The molecule has 6 nitrogen and oxygen atoms in total. The Bertz CT molecular complexity index is 483. The average molecular weight is 256 g/mol. The number of hydrogen-bond donors (Lipinski definition) is 0. The van der Waals surface area contributed by atoms with Gasteiger partial charge in [0.1, 0.15) is 6.54 Å². The zero-order valence-electron chi connectivity index (χ0n) is 9.55. The number of nitrogens with zero attached hydrogens (tertiary/aromatic N) is 4. The Kier molecular flexibility index (Phi) is 2.74. The van der Waals surface area contributed by atoms with Crippen molar-refractivity contribution in [1.29, 1.82) is 0 Å². The predicted molar refractivity (Wildman–Crippen MR) is 63.3 cm³/mol. The molecular formula is C10H12ClN4O2+. The molecule has 1 fully saturated rings. The lowest BCUT2D eigenvalue weighted by molar-refractivity contribution is -0.523. The average Bonchev–Trinajstić information content (AvgIpc) is 2.62. The molecule has 1 atom stereocenters. The number of carbonyl (C=O) groups is 2. The number of urea groups is 1. The van der Waals surface area contributed by atoms with E-state index in [1.54, 1.807) is 17.7 Å². The third-order valence-electron chi connectivity index (χ3n) is 2.81. The summed E-state index contributed by atoms with van der Waals surface area (Å²) in [6.45, 7) is 4.01. The van der Waals surface area contributed by atoms with Crippen molar-refractivity contribution in [3.8, 4) is 0 Å². The number of halogens is 1. The summed E-state index contributed by atoms with van der Waals surface area (Å²) in [5.41, 5.74) is 0. The van der Waals surface area contributed by atoms with E-state index in [2.05, 4.69) is 11.6 Å². The van der Waals surface area contributed by atoms with Crippen molar-refractivity contribution in [3.63, 3.8) is 0 Å². The molecule has 0 saturated carbocycles. The fraction of sp³-hybridized carbons (Fsp3) is 0.400. The van der Waals surface area contributed by atoms with E-state index >= 15 is 0 Å². The summed E-state index contributed by atoms with van der Waals surface area (Å²) in [7, 11) is 3.01. The molecule has 0 aliphatic carbocycles. The van der Waals surface area contributed by atoms with E-state index in [0.717, 1.165) is 4.90 Å². The van der Waals surface area contributed by atoms with Crippen LogP contribution in [0.2, 0.25) is 0 Å². The van der Waals surface area contributed by atoms with Gasteiger partial charge in [0.15, 0.2) is 0 Å². The molecule has 0 bridgehead atoms. The molecule has 1 saturated heterocycles. The Labute approximate surface area is 103 Å². The largest absolute Gasteiger partial charge is 0.394 e. The topological polar surface area (TPSA) is 56.0 Å². The molecule has 0 spiro atoms. The number of imide groups is 1. The third kappa shape index (κ3) is 1.56. The Morgan fingerprint density at radius 2 is 2.12 bits per heavy atom. The third-order valence-corrected chi connectivity index (χ3v) is 3.11. The smallest absolute Gasteiger partial charge is 0.269 e. The van der Waals surface area contributed by atoms with Crippen LogP contribution in [0, 0.1) is 0 Å². The lowest BCUT2D eigenvalue weighted by atomic mass is 10.1. The number of rotatable bonds is 2. The van der Waals surface area contributed by atoms with E-state index in [-0.39, 0.29) is 11.2 Å². The molecule has 2 aliphatic heterocycles. The molecule has 0 N–H and O–H groups in total. The summed E-state index contributed by atoms with van der Waals surface area (Å²) in [4.78, 5) is 30.2. The normalized spacial score (nSPS) is 24.2. The van der Waals surface area contributed by atoms with Gasteiger partial charge in [-0.2, -0.15) is 0 Å². The molecule has 0 radical (unpaired) electrons. The lowest BCUT2D eigenvalue weighted by Gasteiger charge is -2.30. The second-order valence-electron chi connectivity index (χ2n) is 3.82. The van der Waals surface area contributed by atoms with E-state index in [1.165, 1.54) is 11.9 Å². The van der Waals surface area contributed by atoms with Gasteiger partial charge in [0.2, 0.25) is 0 Å². The number of amides is 3. The molecule has 3 amide bonds. The zero-order valence-corrected chi connectivity index (χ0v) is 10.3. The summed E-state index contributed by atoms with van der Waals surface area (Å²) >= 11 is 5.96. The first-order chi connectivity index (χ1) is 7.99. The van der Waals surface area contributed by atoms with Crippen molar-refractivity contribution >= 4 is 34.7 Å². The van der Waals surface area contributed by atoms with Crippen LogP contribution >= 0.6 is 11.6 Å². The van der Waals surface area contributed by atoms with Crippen LogP contribution in [0.4, 0.5) is 4.79 Å². The molecule has 2 heterocycles. The fourth-order valence-electron chi connectivity index (χ4n) is 1.89. The SMILES string of the molecule is C=CC[N+]1=C(Cl)N=C2C1C(=O)N(C)C(=O)N2C. The quantitative estimate of drug-likeness (QED) is 0.399. The van der Waals surface area contributed by atoms with Crippen LogP contribution in [0.1, 0.15) is 0 Å². The van der Waals surface area contributed by atoms with E-state index in [9.17, 15) is 9.59 Å². The van der Waals surface area contributed by atoms with Crippen molar-refractivity contribution in [2.24, 2.45) is 4.99 Å². The first-order valence-corrected chi connectivity index (χ1v) is 5.40. The number of fused-ring (bicyclic) bond motifs is 1. The van der Waals surface area contributed by atoms with Crippen LogP contribution in [0.25, 0.3) is 0 Å². The van der Waals surface area contributed by atoms with Crippen molar-refractivity contribution in [1.82, 2.24) is 9.80 Å². The van der Waals surface area contributed by atoms with Crippen LogP contribution in [-0.2, 0) is 4.79 Å². The maximum absolute atomic E-state index is 12.0. The van der Waals surface area contributed by atoms with Gasteiger partial charge >= 0.3 is 11.3 Å². The summed E-state index contributed by atoms with van der Waals surface area (Å²) < 4.78 is 1.60. The minimum atomic E-state index is -0.631. The maximum Gasteiger partial charge on any atom is 0.394 e. The maximum atomic E-state index is 12.0. The Morgan fingerprint density at radius 3 is 2.71 bits per heavy atom. The van der Waals surface area contributed by atoms with Crippen molar-refractivity contribution in [2.45, 2.75) is 6.04 Å². The summed E-state index contributed by atoms with van der Waals surface area (Å²) in [6, 6.07) is -1.04. The van der Waals surface area contributed by atoms with Gasteiger partial charge < -0.3 is 0 Å². The van der Waals surface area contributed by atoms with Gasteiger partial charge in [-0.15, -0.1) is 0 Å². The van der Waals surface area contributed by atoms with Crippen molar-refractivity contribution in [3.05, 3.63) is 12.7 Å². The highest BCUT2D eigenvalue weighted by Gasteiger charge is 2.52. The van der Waals surface area contributed by atoms with E-state index in [1.807, 2.05) is 0 Å². The molecule has 2 rings (SSSR count). The Hall–Kier alpha value is -1.69. The monoisotopic (exact) mass is 255 g/mol. The minimum absolute atomic E-state index is 0.202. The number of aliphatic imine (C=N–C) groups is 1. The van der Waals surface area contributed by atoms with Crippen LogP contribution < -0.4 is 0 Å². The standard InChI is InChI=1S/C10H12ClN4O2/c1-4-5-15-6-7(12-9(15)11)13(2)10(17)14(3)8(6)16/h4,6H,1,5H2,2-3H3/q+1. The van der Waals surface area contributed by atoms with Crippen molar-refractivity contribution < 1.29 is 14.2 Å². The van der Waals surface area contributed by atoms with Crippen molar-refractivity contribution in [2.75, 3.05) is 20.6 Å². The van der Waals surface area contributed by atoms with E-state index < -0.39 is 12.1 Å². The van der Waals surface area contributed by atoms with Gasteiger partial charge in [-0.1, -0.05) is 12.7 Å². The molecular weight excluding hydrogens is 244 g/mol. The van der Waals surface area contributed by atoms with Crippen LogP contribution in [0.5, 0.6) is 0 Å². The van der Waals surface area contributed by atoms with Gasteiger partial charge in [0.05, 0.1) is 0 Å². The molecule has 2 aliphatic rings. The first kappa shape index (κ1) is 11.8. The van der Waals surface area contributed by atoms with Crippen LogP contribution in [0.3, 0.4) is 0 Å². The highest BCUT2D eigenvalue weighted by molar-refractivity contribution is 6.65. The summed E-state index contributed by atoms with van der Waals surface area (Å²) in [5.74, 6) is 0.0364. The summed E-state index contributed by atoms with van der Waals surface area (Å²) in [5, 5.41) is 0.202. The number of carbonyl (C=O) groups excluding carboxylic acids is 2. The van der Waals surface area contributed by atoms with Crippen LogP contribution in [-0.4, -0.2) is 64.1 Å². The lowest BCUT2D eigenvalue weighted by Crippen LogP contribution is -2.61. The zero-order chi connectivity index (χ0) is 12.7. The van der Waals surface area contributed by atoms with Gasteiger partial charge in [-0.25, -0.2) is 9.37 Å². The highest BCUT2D eigenvalue weighted by Crippen LogP contribution is 2.19. The number of likely N-dealkylation sites (N-methyl/N-ethyl adjacent to an activating group) is 2. The Morgan fingerprint density at radius 1 is 1.47 bits per heavy atom. The fourth-order valence-corrected chi connectivity index (χ4v) is 2.14. The Balaban J connectivity index is 2.45. The first-order valence-electron chi connectivity index (χ1n) is 5.03. The minimum Gasteiger partial charge on any atom is -0.269 e. The molecule has 1 unspecified atom stereocenters. The van der Waals surface area contributed by atoms with Gasteiger partial charge in [0, 0.05) is 25.7 Å².